The van der Waals surface area contributed by atoms with Crippen molar-refractivity contribution in [1.29, 1.82) is 5.26 Å². The normalized spacial score (nSPS) is 32.6. The molecule has 0 unspecified atom stereocenters. The van der Waals surface area contributed by atoms with E-state index < -0.39 is 0 Å². The van der Waals surface area contributed by atoms with Gasteiger partial charge in [-0.25, -0.2) is 0 Å². The maximum atomic E-state index is 10.6. The van der Waals surface area contributed by atoms with Gasteiger partial charge in [0.05, 0.1) is 11.5 Å². The molecule has 0 aromatic carbocycles. The van der Waals surface area contributed by atoms with Crippen molar-refractivity contribution in [1.82, 2.24) is 5.32 Å². The van der Waals surface area contributed by atoms with Crippen LogP contribution in [0.5, 0.6) is 0 Å². The molecule has 1 rings (SSSR count). The molecule has 1 saturated heterocycles. The van der Waals surface area contributed by atoms with Gasteiger partial charge in [-0.1, -0.05) is 0 Å². The molecule has 0 bridgehead atoms. The van der Waals surface area contributed by atoms with Crippen LogP contribution in [0.15, 0.2) is 0 Å². The number of hydrogen-bond acceptors (Lipinski definition) is 2. The fraction of sp³-hybridized carbons (Fsp3) is 0.714. The van der Waals surface area contributed by atoms with Crippen molar-refractivity contribution in [3.05, 3.63) is 0 Å². The van der Waals surface area contributed by atoms with E-state index in [1.54, 1.807) is 0 Å². The van der Waals surface area contributed by atoms with E-state index in [1.165, 1.54) is 0 Å². The van der Waals surface area contributed by atoms with Gasteiger partial charge in [-0.2, -0.15) is 5.26 Å². The first kappa shape index (κ1) is 7.07. The van der Waals surface area contributed by atoms with Crippen molar-refractivity contribution in [2.75, 3.05) is 6.54 Å². The maximum absolute atomic E-state index is 10.6. The molecule has 0 saturated carbocycles. The molecule has 3 heteroatoms. The molecule has 54 valence electrons. The van der Waals surface area contributed by atoms with Crippen molar-refractivity contribution in [3.63, 3.8) is 0 Å². The van der Waals surface area contributed by atoms with Gasteiger partial charge < -0.3 is 5.32 Å². The van der Waals surface area contributed by atoms with Gasteiger partial charge >= 0.3 is 0 Å². The second-order valence-corrected chi connectivity index (χ2v) is 2.95. The Morgan fingerprint density at radius 2 is 2.50 bits per heavy atom. The Morgan fingerprint density at radius 3 is 2.90 bits per heavy atom. The highest BCUT2D eigenvalue weighted by atomic mass is 16.1. The zero-order chi connectivity index (χ0) is 7.61. The number of nitriles is 1. The lowest BCUT2D eigenvalue weighted by molar-refractivity contribution is -0.123. The fourth-order valence-corrected chi connectivity index (χ4v) is 0.955. The first-order valence-electron chi connectivity index (χ1n) is 3.34. The first-order valence-corrected chi connectivity index (χ1v) is 3.34. The molecular weight excluding hydrogens is 128 g/mol. The van der Waals surface area contributed by atoms with Gasteiger partial charge in [0.15, 0.2) is 0 Å². The van der Waals surface area contributed by atoms with Gasteiger partial charge in [-0.05, 0) is 13.3 Å². The summed E-state index contributed by atoms with van der Waals surface area (Å²) in [6.07, 6.45) is 1.18. The molecule has 0 radical (unpaired) electrons. The SMILES string of the molecule is C[C@@]1(C#N)CCC(=O)NC1. The summed E-state index contributed by atoms with van der Waals surface area (Å²) in [6, 6.07) is 2.19. The van der Waals surface area contributed by atoms with E-state index in [0.717, 1.165) is 0 Å². The second kappa shape index (κ2) is 2.30. The standard InChI is InChI=1S/C7H10N2O/c1-7(4-8)3-2-6(10)9-5-7/h2-3,5H2,1H3,(H,9,10)/t7-/m0/s1. The molecule has 10 heavy (non-hydrogen) atoms. The van der Waals surface area contributed by atoms with Gasteiger partial charge in [-0.15, -0.1) is 0 Å². The summed E-state index contributed by atoms with van der Waals surface area (Å²) in [4.78, 5) is 10.6. The van der Waals surface area contributed by atoms with Crippen LogP contribution in [0.4, 0.5) is 0 Å². The zero-order valence-corrected chi connectivity index (χ0v) is 5.98. The second-order valence-electron chi connectivity index (χ2n) is 2.95. The fourth-order valence-electron chi connectivity index (χ4n) is 0.955. The average molecular weight is 138 g/mol. The van der Waals surface area contributed by atoms with Crippen molar-refractivity contribution in [2.24, 2.45) is 5.41 Å². The summed E-state index contributed by atoms with van der Waals surface area (Å²) < 4.78 is 0. The molecule has 0 aromatic heterocycles. The molecular formula is C7H10N2O. The topological polar surface area (TPSA) is 52.9 Å². The lowest BCUT2D eigenvalue weighted by atomic mass is 9.84. The van der Waals surface area contributed by atoms with Crippen LogP contribution in [-0.4, -0.2) is 12.5 Å². The van der Waals surface area contributed by atoms with Crippen LogP contribution in [0.2, 0.25) is 0 Å². The quantitative estimate of drug-likeness (QED) is 0.527. The number of nitrogens with zero attached hydrogens (tertiary/aromatic N) is 1. The van der Waals surface area contributed by atoms with Gasteiger partial charge in [0, 0.05) is 13.0 Å². The zero-order valence-electron chi connectivity index (χ0n) is 5.98. The summed E-state index contributed by atoms with van der Waals surface area (Å²) in [7, 11) is 0. The minimum absolute atomic E-state index is 0.0627. The predicted octanol–water partition coefficient (Wildman–Crippen LogP) is 0.426. The summed E-state index contributed by atoms with van der Waals surface area (Å²) >= 11 is 0. The van der Waals surface area contributed by atoms with E-state index in [1.807, 2.05) is 6.92 Å². The van der Waals surface area contributed by atoms with Crippen LogP contribution in [0.25, 0.3) is 0 Å². The van der Waals surface area contributed by atoms with Gasteiger partial charge in [0.25, 0.3) is 0 Å². The number of amides is 1. The molecule has 1 aliphatic heterocycles. The Kier molecular flexibility index (Phi) is 1.62. The monoisotopic (exact) mass is 138 g/mol. The van der Waals surface area contributed by atoms with Crippen molar-refractivity contribution < 1.29 is 4.79 Å². The summed E-state index contributed by atoms with van der Waals surface area (Å²) in [5.41, 5.74) is -0.325. The maximum Gasteiger partial charge on any atom is 0.220 e. The Balaban J connectivity index is 2.56. The van der Waals surface area contributed by atoms with Crippen LogP contribution in [0.3, 0.4) is 0 Å². The van der Waals surface area contributed by atoms with Gasteiger partial charge in [-0.3, -0.25) is 4.79 Å². The number of carbonyl (C=O) groups is 1. The number of carbonyl (C=O) groups excluding carboxylic acids is 1. The molecule has 1 N–H and O–H groups in total. The third-order valence-corrected chi connectivity index (χ3v) is 1.85. The molecule has 1 amide bonds. The minimum atomic E-state index is -0.325. The Hall–Kier alpha value is -1.04. The number of piperidine rings is 1. The summed E-state index contributed by atoms with van der Waals surface area (Å²) in [5, 5.41) is 11.3. The van der Waals surface area contributed by atoms with Gasteiger partial charge in [0.1, 0.15) is 0 Å². The van der Waals surface area contributed by atoms with E-state index in [2.05, 4.69) is 11.4 Å². The molecule has 3 nitrogen and oxygen atoms in total. The lowest BCUT2D eigenvalue weighted by Gasteiger charge is -2.26. The number of hydrogen-bond donors (Lipinski definition) is 1. The summed E-state index contributed by atoms with van der Waals surface area (Å²) in [5.74, 6) is 0.0627. The molecule has 0 aromatic rings. The highest BCUT2D eigenvalue weighted by Gasteiger charge is 2.29. The first-order chi connectivity index (χ1) is 4.66. The smallest absolute Gasteiger partial charge is 0.220 e. The van der Waals surface area contributed by atoms with E-state index in [4.69, 9.17) is 5.26 Å². The van der Waals surface area contributed by atoms with E-state index >= 15 is 0 Å². The molecule has 1 fully saturated rings. The van der Waals surface area contributed by atoms with Crippen LogP contribution in [0.1, 0.15) is 19.8 Å². The highest BCUT2D eigenvalue weighted by Crippen LogP contribution is 2.23. The largest absolute Gasteiger partial charge is 0.355 e. The van der Waals surface area contributed by atoms with Crippen LogP contribution in [-0.2, 0) is 4.79 Å². The van der Waals surface area contributed by atoms with Crippen LogP contribution < -0.4 is 5.32 Å². The number of rotatable bonds is 0. The van der Waals surface area contributed by atoms with Crippen LogP contribution in [0, 0.1) is 16.7 Å². The predicted molar refractivity (Wildman–Crippen MR) is 36.0 cm³/mol. The van der Waals surface area contributed by atoms with Crippen LogP contribution >= 0.6 is 0 Å². The van der Waals surface area contributed by atoms with E-state index in [9.17, 15) is 4.79 Å². The summed E-state index contributed by atoms with van der Waals surface area (Å²) in [6.45, 7) is 2.37. The average Bonchev–Trinajstić information content (AvgIpc) is 1.96. The third kappa shape index (κ3) is 1.27. The lowest BCUT2D eigenvalue weighted by Crippen LogP contribution is -2.40. The molecule has 0 spiro atoms. The van der Waals surface area contributed by atoms with Crippen molar-refractivity contribution in [2.45, 2.75) is 19.8 Å². The van der Waals surface area contributed by atoms with E-state index in [-0.39, 0.29) is 11.3 Å². The van der Waals surface area contributed by atoms with Crippen molar-refractivity contribution >= 4 is 5.91 Å². The van der Waals surface area contributed by atoms with E-state index in [0.29, 0.717) is 19.4 Å². The molecule has 1 atom stereocenters. The highest BCUT2D eigenvalue weighted by molar-refractivity contribution is 5.76. The molecule has 1 heterocycles. The Labute approximate surface area is 60.0 Å². The van der Waals surface area contributed by atoms with Crippen molar-refractivity contribution in [3.8, 4) is 6.07 Å². The minimum Gasteiger partial charge on any atom is -0.355 e. The third-order valence-electron chi connectivity index (χ3n) is 1.85. The Bertz CT molecular complexity index is 182. The number of nitrogens with one attached hydrogen (secondary N) is 1. The Morgan fingerprint density at radius 1 is 1.80 bits per heavy atom. The molecule has 0 aliphatic carbocycles. The van der Waals surface area contributed by atoms with Gasteiger partial charge in [0.2, 0.25) is 5.91 Å². The molecule has 1 aliphatic rings.